The van der Waals surface area contributed by atoms with Crippen LogP contribution in [-0.2, 0) is 11.3 Å². The highest BCUT2D eigenvalue weighted by molar-refractivity contribution is 5.92. The van der Waals surface area contributed by atoms with Gasteiger partial charge in [-0.25, -0.2) is 4.39 Å². The topological polar surface area (TPSA) is 113 Å². The van der Waals surface area contributed by atoms with E-state index in [4.69, 9.17) is 4.74 Å². The third kappa shape index (κ3) is 5.13. The van der Waals surface area contributed by atoms with Gasteiger partial charge in [-0.15, -0.1) is 10.2 Å². The number of rotatable bonds is 7. The molecule has 1 aliphatic rings. The molecule has 0 atom stereocenters. The molecule has 35 heavy (non-hydrogen) atoms. The molecule has 1 aromatic heterocycles. The van der Waals surface area contributed by atoms with Crippen LogP contribution in [-0.4, -0.2) is 68.6 Å². The van der Waals surface area contributed by atoms with E-state index in [-0.39, 0.29) is 40.3 Å². The molecule has 1 saturated heterocycles. The summed E-state index contributed by atoms with van der Waals surface area (Å²) in [4.78, 5) is 14.9. The van der Waals surface area contributed by atoms with Crippen LogP contribution in [0.1, 0.15) is 48.4 Å². The van der Waals surface area contributed by atoms with Crippen molar-refractivity contribution in [1.29, 1.82) is 0 Å². The van der Waals surface area contributed by atoms with Gasteiger partial charge in [-0.1, -0.05) is 19.9 Å². The first-order chi connectivity index (χ1) is 16.8. The zero-order valence-corrected chi connectivity index (χ0v) is 20.1. The minimum Gasteiger partial charge on any atom is -0.508 e. The van der Waals surface area contributed by atoms with Gasteiger partial charge in [-0.05, 0) is 42.2 Å². The molecule has 3 N–H and O–H groups in total. The van der Waals surface area contributed by atoms with E-state index in [1.54, 1.807) is 25.1 Å². The molecule has 1 fully saturated rings. The van der Waals surface area contributed by atoms with Crippen molar-refractivity contribution < 1.29 is 24.1 Å². The van der Waals surface area contributed by atoms with Crippen LogP contribution in [0.5, 0.6) is 11.5 Å². The van der Waals surface area contributed by atoms with E-state index in [0.29, 0.717) is 31.9 Å². The van der Waals surface area contributed by atoms with Gasteiger partial charge in [-0.2, -0.15) is 0 Å². The number of nitrogens with one attached hydrogen (secondary N) is 1. The number of carbonyl (C=O) groups excluding carboxylic acids is 1. The second-order valence-electron chi connectivity index (χ2n) is 8.80. The summed E-state index contributed by atoms with van der Waals surface area (Å²) in [7, 11) is 0. The molecule has 4 rings (SSSR count). The molecule has 0 saturated carbocycles. The normalized spacial score (nSPS) is 14.4. The monoisotopic (exact) mass is 483 g/mol. The molecule has 0 radical (unpaired) electrons. The molecule has 0 spiro atoms. The lowest BCUT2D eigenvalue weighted by molar-refractivity contribution is 0.0341. The van der Waals surface area contributed by atoms with Crippen molar-refractivity contribution >= 4 is 5.91 Å². The van der Waals surface area contributed by atoms with Gasteiger partial charge in [0.1, 0.15) is 17.3 Å². The van der Waals surface area contributed by atoms with Gasteiger partial charge in [-0.3, -0.25) is 14.3 Å². The second kappa shape index (κ2) is 10.4. The average molecular weight is 484 g/mol. The van der Waals surface area contributed by atoms with Crippen molar-refractivity contribution in [2.45, 2.75) is 33.2 Å². The molecule has 186 valence electrons. The van der Waals surface area contributed by atoms with Crippen molar-refractivity contribution in [3.05, 3.63) is 53.1 Å². The third-order valence-corrected chi connectivity index (χ3v) is 5.97. The number of carbonyl (C=O) groups is 1. The molecule has 0 aliphatic carbocycles. The summed E-state index contributed by atoms with van der Waals surface area (Å²) in [6.45, 7) is 9.34. The Kier molecular flexibility index (Phi) is 7.32. The maximum atomic E-state index is 15.5. The molecule has 0 bridgehead atoms. The molecule has 3 aromatic rings. The number of aromatic hydroxyl groups is 2. The fourth-order valence-corrected chi connectivity index (χ4v) is 4.16. The Bertz CT molecular complexity index is 1220. The number of aromatic nitrogens is 3. The quantitative estimate of drug-likeness (QED) is 0.473. The largest absolute Gasteiger partial charge is 0.508 e. The maximum Gasteiger partial charge on any atom is 0.289 e. The van der Waals surface area contributed by atoms with E-state index in [2.05, 4.69) is 20.4 Å². The Morgan fingerprint density at radius 2 is 1.89 bits per heavy atom. The first kappa shape index (κ1) is 24.6. The van der Waals surface area contributed by atoms with Crippen LogP contribution < -0.4 is 5.32 Å². The van der Waals surface area contributed by atoms with Crippen LogP contribution in [0.4, 0.5) is 4.39 Å². The van der Waals surface area contributed by atoms with Crippen LogP contribution in [0, 0.1) is 5.82 Å². The first-order valence-electron chi connectivity index (χ1n) is 11.7. The number of nitrogens with zero attached hydrogens (tertiary/aromatic N) is 4. The molecule has 9 nitrogen and oxygen atoms in total. The summed E-state index contributed by atoms with van der Waals surface area (Å²) >= 11 is 0. The van der Waals surface area contributed by atoms with Crippen molar-refractivity contribution in [2.75, 3.05) is 32.8 Å². The van der Waals surface area contributed by atoms with Gasteiger partial charge in [0.25, 0.3) is 5.91 Å². The summed E-state index contributed by atoms with van der Waals surface area (Å²) in [6, 6.07) is 7.63. The van der Waals surface area contributed by atoms with E-state index < -0.39 is 11.7 Å². The number of amides is 1. The molecule has 1 aliphatic heterocycles. The minimum atomic E-state index is -0.551. The van der Waals surface area contributed by atoms with Crippen LogP contribution in [0.25, 0.3) is 17.1 Å². The summed E-state index contributed by atoms with van der Waals surface area (Å²) in [6.07, 6.45) is 0. The number of morpholine rings is 1. The first-order valence-corrected chi connectivity index (χ1v) is 11.7. The third-order valence-electron chi connectivity index (χ3n) is 5.97. The van der Waals surface area contributed by atoms with Crippen molar-refractivity contribution in [1.82, 2.24) is 25.0 Å². The number of hydrogen-bond donors (Lipinski definition) is 3. The van der Waals surface area contributed by atoms with Crippen LogP contribution in [0.3, 0.4) is 0 Å². The van der Waals surface area contributed by atoms with E-state index in [0.717, 1.165) is 18.7 Å². The molecule has 2 heterocycles. The average Bonchev–Trinajstić information content (AvgIpc) is 3.24. The van der Waals surface area contributed by atoms with E-state index in [9.17, 15) is 15.0 Å². The molecular formula is C25H30FN5O4. The number of ether oxygens (including phenoxy) is 1. The Morgan fingerprint density at radius 1 is 1.14 bits per heavy atom. The zero-order chi connectivity index (χ0) is 25.1. The standard InChI is InChI=1S/C25H30FN5O4/c1-4-27-25(34)24-29-28-23(18-12-17(15(2)3)21(32)13-22(18)33)31(24)20-6-5-16(11-19(20)26)14-30-7-9-35-10-8-30/h5-6,11-13,15,32-33H,4,7-10,14H2,1-3H3,(H,27,34). The highest BCUT2D eigenvalue weighted by Gasteiger charge is 2.26. The number of halogens is 1. The minimum absolute atomic E-state index is 0.0511. The smallest absolute Gasteiger partial charge is 0.289 e. The maximum absolute atomic E-state index is 15.5. The van der Waals surface area contributed by atoms with Gasteiger partial charge in [0, 0.05) is 32.2 Å². The van der Waals surface area contributed by atoms with E-state index in [1.165, 1.54) is 16.7 Å². The summed E-state index contributed by atoms with van der Waals surface area (Å²) in [5.41, 5.74) is 1.67. The lowest BCUT2D eigenvalue weighted by Gasteiger charge is -2.26. The van der Waals surface area contributed by atoms with Crippen molar-refractivity contribution in [3.63, 3.8) is 0 Å². The van der Waals surface area contributed by atoms with Crippen LogP contribution in [0.2, 0.25) is 0 Å². The number of benzene rings is 2. The zero-order valence-electron chi connectivity index (χ0n) is 20.1. The number of phenols is 2. The predicted octanol–water partition coefficient (Wildman–Crippen LogP) is 3.19. The molecule has 10 heteroatoms. The van der Waals surface area contributed by atoms with Gasteiger partial charge >= 0.3 is 0 Å². The van der Waals surface area contributed by atoms with E-state index >= 15 is 4.39 Å². The van der Waals surface area contributed by atoms with Gasteiger partial charge in [0.05, 0.1) is 24.5 Å². The van der Waals surface area contributed by atoms with Crippen molar-refractivity contribution in [2.24, 2.45) is 0 Å². The van der Waals surface area contributed by atoms with Crippen molar-refractivity contribution in [3.8, 4) is 28.6 Å². The SMILES string of the molecule is CCNC(=O)c1nnc(-c2cc(C(C)C)c(O)cc2O)n1-c1ccc(CN2CCOCC2)cc1F. The lowest BCUT2D eigenvalue weighted by atomic mass is 9.98. The molecular weight excluding hydrogens is 453 g/mol. The fraction of sp³-hybridized carbons (Fsp3) is 0.400. The summed E-state index contributed by atoms with van der Waals surface area (Å²) in [5.74, 6) is -1.46. The van der Waals surface area contributed by atoms with Crippen LogP contribution >= 0.6 is 0 Å². The Labute approximate surface area is 203 Å². The Balaban J connectivity index is 1.81. The second-order valence-corrected chi connectivity index (χ2v) is 8.80. The van der Waals surface area contributed by atoms with E-state index in [1.807, 2.05) is 13.8 Å². The molecule has 0 unspecified atom stereocenters. The van der Waals surface area contributed by atoms with Gasteiger partial charge in [0.15, 0.2) is 5.82 Å². The number of phenolic OH excluding ortho intramolecular Hbond substituents is 2. The highest BCUT2D eigenvalue weighted by Crippen LogP contribution is 2.38. The molecule has 2 aromatic carbocycles. The summed E-state index contributed by atoms with van der Waals surface area (Å²) < 4.78 is 22.2. The Hall–Kier alpha value is -3.50. The molecule has 1 amide bonds. The van der Waals surface area contributed by atoms with Crippen LogP contribution in [0.15, 0.2) is 30.3 Å². The Morgan fingerprint density at radius 3 is 2.54 bits per heavy atom. The lowest BCUT2D eigenvalue weighted by Crippen LogP contribution is -2.35. The predicted molar refractivity (Wildman–Crippen MR) is 128 cm³/mol. The van der Waals surface area contributed by atoms with Gasteiger partial charge < -0.3 is 20.3 Å². The highest BCUT2D eigenvalue weighted by atomic mass is 19.1. The van der Waals surface area contributed by atoms with Gasteiger partial charge in [0.2, 0.25) is 5.82 Å². The number of hydrogen-bond acceptors (Lipinski definition) is 7. The summed E-state index contributed by atoms with van der Waals surface area (Å²) in [5, 5.41) is 31.7. The fourth-order valence-electron chi connectivity index (χ4n) is 4.16.